The van der Waals surface area contributed by atoms with Crippen molar-refractivity contribution in [3.05, 3.63) is 64.6 Å². The highest BCUT2D eigenvalue weighted by Gasteiger charge is 2.23. The summed E-state index contributed by atoms with van der Waals surface area (Å²) in [6.07, 6.45) is 0.229. The average Bonchev–Trinajstić information content (AvgIpc) is 3.36. The molecular formula is C23H23N3O2S2. The minimum atomic E-state index is -0.0566. The molecule has 0 atom stereocenters. The molecule has 2 aromatic heterocycles. The number of fused-ring (bicyclic) bond motifs is 1. The number of hydrogen-bond acceptors (Lipinski definition) is 6. The lowest BCUT2D eigenvalue weighted by atomic mass is 10.2. The minimum Gasteiger partial charge on any atom is -0.494 e. The Balaban J connectivity index is 1.69. The maximum Gasteiger partial charge on any atom is 0.239 e. The second-order valence-corrected chi connectivity index (χ2v) is 9.03. The largest absolute Gasteiger partial charge is 0.494 e. The molecule has 5 nitrogen and oxygen atoms in total. The van der Waals surface area contributed by atoms with Crippen molar-refractivity contribution < 1.29 is 9.53 Å². The number of aromatic nitrogens is 2. The fraction of sp³-hybridized carbons (Fsp3) is 0.261. The molecule has 4 aromatic rings. The zero-order chi connectivity index (χ0) is 21.1. The van der Waals surface area contributed by atoms with E-state index in [4.69, 9.17) is 9.72 Å². The Hall–Kier alpha value is -2.77. The van der Waals surface area contributed by atoms with E-state index >= 15 is 0 Å². The number of thiazole rings is 2. The Kier molecular flexibility index (Phi) is 6.11. The number of rotatable bonds is 7. The molecule has 30 heavy (non-hydrogen) atoms. The van der Waals surface area contributed by atoms with Gasteiger partial charge < -0.3 is 4.74 Å². The van der Waals surface area contributed by atoms with Gasteiger partial charge in [0.15, 0.2) is 5.13 Å². The number of benzene rings is 2. The standard InChI is InChI=1S/C23H23N3O2S2/c1-4-28-18-11-9-17(10-12-18)26(23-25-19-7-5-6-8-20(19)30-23)21(27)13-16-14-29-22(24-16)15(2)3/h5-12,14-15H,4,13H2,1-3H3. The van der Waals surface area contributed by atoms with Crippen molar-refractivity contribution in [1.82, 2.24) is 9.97 Å². The molecule has 0 spiro atoms. The molecule has 0 unspecified atom stereocenters. The van der Waals surface area contributed by atoms with E-state index in [1.165, 1.54) is 11.3 Å². The SMILES string of the molecule is CCOc1ccc(N(C(=O)Cc2csc(C(C)C)n2)c2nc3ccccc3s2)cc1. The maximum absolute atomic E-state index is 13.4. The number of anilines is 2. The second-order valence-electron chi connectivity index (χ2n) is 7.13. The summed E-state index contributed by atoms with van der Waals surface area (Å²) in [5.41, 5.74) is 2.45. The molecule has 0 aliphatic rings. The molecule has 0 saturated heterocycles. The van der Waals surface area contributed by atoms with Gasteiger partial charge in [-0.05, 0) is 43.3 Å². The van der Waals surface area contributed by atoms with E-state index in [-0.39, 0.29) is 12.3 Å². The second kappa shape index (κ2) is 8.93. The molecule has 154 valence electrons. The van der Waals surface area contributed by atoms with Gasteiger partial charge in [0.05, 0.1) is 39.6 Å². The third-order valence-electron chi connectivity index (χ3n) is 4.52. The lowest BCUT2D eigenvalue weighted by molar-refractivity contribution is -0.117. The normalized spacial score (nSPS) is 11.2. The fourth-order valence-electron chi connectivity index (χ4n) is 3.08. The van der Waals surface area contributed by atoms with Gasteiger partial charge in [-0.25, -0.2) is 9.97 Å². The van der Waals surface area contributed by atoms with Gasteiger partial charge in [-0.2, -0.15) is 0 Å². The summed E-state index contributed by atoms with van der Waals surface area (Å²) < 4.78 is 6.60. The molecule has 0 radical (unpaired) electrons. The molecule has 1 amide bonds. The van der Waals surface area contributed by atoms with Gasteiger partial charge in [0.1, 0.15) is 5.75 Å². The third kappa shape index (κ3) is 4.37. The fourth-order valence-corrected chi connectivity index (χ4v) is 4.92. The van der Waals surface area contributed by atoms with Crippen molar-refractivity contribution in [2.24, 2.45) is 0 Å². The molecule has 7 heteroatoms. The maximum atomic E-state index is 13.4. The summed E-state index contributed by atoms with van der Waals surface area (Å²) in [6.45, 7) is 6.77. The van der Waals surface area contributed by atoms with Crippen molar-refractivity contribution in [2.75, 3.05) is 11.5 Å². The zero-order valence-electron chi connectivity index (χ0n) is 17.2. The van der Waals surface area contributed by atoms with Crippen molar-refractivity contribution in [2.45, 2.75) is 33.1 Å². The summed E-state index contributed by atoms with van der Waals surface area (Å²) >= 11 is 3.11. The summed E-state index contributed by atoms with van der Waals surface area (Å²) in [7, 11) is 0. The molecule has 0 aliphatic carbocycles. The monoisotopic (exact) mass is 437 g/mol. The van der Waals surface area contributed by atoms with E-state index in [1.807, 2.05) is 60.8 Å². The van der Waals surface area contributed by atoms with Gasteiger partial charge >= 0.3 is 0 Å². The van der Waals surface area contributed by atoms with Crippen molar-refractivity contribution >= 4 is 49.6 Å². The van der Waals surface area contributed by atoms with Crippen LogP contribution in [-0.4, -0.2) is 22.5 Å². The van der Waals surface area contributed by atoms with Crippen LogP contribution in [0.5, 0.6) is 5.75 Å². The molecular weight excluding hydrogens is 414 g/mol. The van der Waals surface area contributed by atoms with Gasteiger partial charge in [-0.3, -0.25) is 9.69 Å². The summed E-state index contributed by atoms with van der Waals surface area (Å²) in [5.74, 6) is 1.07. The topological polar surface area (TPSA) is 55.3 Å². The number of carbonyl (C=O) groups is 1. The van der Waals surface area contributed by atoms with Crippen LogP contribution in [0, 0.1) is 0 Å². The highest BCUT2D eigenvalue weighted by Crippen LogP contribution is 2.34. The third-order valence-corrected chi connectivity index (χ3v) is 6.74. The van der Waals surface area contributed by atoms with Gasteiger partial charge in [0.25, 0.3) is 0 Å². The average molecular weight is 438 g/mol. The lowest BCUT2D eigenvalue weighted by Gasteiger charge is -2.20. The number of hydrogen-bond donors (Lipinski definition) is 0. The number of ether oxygens (including phenoxy) is 1. The van der Waals surface area contributed by atoms with Crippen LogP contribution < -0.4 is 9.64 Å². The highest BCUT2D eigenvalue weighted by molar-refractivity contribution is 7.22. The van der Waals surface area contributed by atoms with Crippen molar-refractivity contribution in [3.8, 4) is 5.75 Å². The van der Waals surface area contributed by atoms with Crippen LogP contribution in [0.15, 0.2) is 53.9 Å². The van der Waals surface area contributed by atoms with E-state index in [1.54, 1.807) is 16.2 Å². The van der Waals surface area contributed by atoms with E-state index < -0.39 is 0 Å². The Morgan fingerprint density at radius 1 is 1.10 bits per heavy atom. The Bertz CT molecular complexity index is 1120. The number of para-hydroxylation sites is 1. The molecule has 0 N–H and O–H groups in total. The quantitative estimate of drug-likeness (QED) is 0.346. The Morgan fingerprint density at radius 2 is 1.87 bits per heavy atom. The molecule has 2 heterocycles. The minimum absolute atomic E-state index is 0.0566. The Morgan fingerprint density at radius 3 is 2.53 bits per heavy atom. The van der Waals surface area contributed by atoms with E-state index in [0.29, 0.717) is 17.7 Å². The van der Waals surface area contributed by atoms with Crippen LogP contribution in [0.2, 0.25) is 0 Å². The molecule has 0 bridgehead atoms. The number of carbonyl (C=O) groups excluding carboxylic acids is 1. The van der Waals surface area contributed by atoms with Gasteiger partial charge in [-0.1, -0.05) is 37.3 Å². The number of amides is 1. The van der Waals surface area contributed by atoms with Crippen LogP contribution in [0.1, 0.15) is 37.4 Å². The summed E-state index contributed by atoms with van der Waals surface area (Å²) in [4.78, 5) is 24.4. The van der Waals surface area contributed by atoms with Gasteiger partial charge in [-0.15, -0.1) is 11.3 Å². The Labute approximate surface area is 184 Å². The number of nitrogens with zero attached hydrogens (tertiary/aromatic N) is 3. The lowest BCUT2D eigenvalue weighted by Crippen LogP contribution is -2.27. The highest BCUT2D eigenvalue weighted by atomic mass is 32.1. The van der Waals surface area contributed by atoms with Gasteiger partial charge in [0.2, 0.25) is 5.91 Å². The van der Waals surface area contributed by atoms with Crippen LogP contribution in [0.25, 0.3) is 10.2 Å². The van der Waals surface area contributed by atoms with Crippen molar-refractivity contribution in [3.63, 3.8) is 0 Å². The molecule has 2 aromatic carbocycles. The predicted molar refractivity (Wildman–Crippen MR) is 124 cm³/mol. The smallest absolute Gasteiger partial charge is 0.239 e. The first-order valence-corrected chi connectivity index (χ1v) is 11.6. The first-order chi connectivity index (χ1) is 14.5. The van der Waals surface area contributed by atoms with Crippen LogP contribution in [0.4, 0.5) is 10.8 Å². The van der Waals surface area contributed by atoms with Crippen LogP contribution in [0.3, 0.4) is 0 Å². The summed E-state index contributed by atoms with van der Waals surface area (Å²) in [6, 6.07) is 15.5. The van der Waals surface area contributed by atoms with Crippen LogP contribution in [-0.2, 0) is 11.2 Å². The first kappa shape index (κ1) is 20.5. The summed E-state index contributed by atoms with van der Waals surface area (Å²) in [5, 5.41) is 3.68. The zero-order valence-corrected chi connectivity index (χ0v) is 18.8. The predicted octanol–water partition coefficient (Wildman–Crippen LogP) is 6.18. The van der Waals surface area contributed by atoms with E-state index in [0.717, 1.165) is 32.4 Å². The first-order valence-electron chi connectivity index (χ1n) is 9.91. The molecule has 0 fully saturated rings. The van der Waals surface area contributed by atoms with Crippen LogP contribution >= 0.6 is 22.7 Å². The molecule has 4 rings (SSSR count). The van der Waals surface area contributed by atoms with E-state index in [2.05, 4.69) is 18.8 Å². The van der Waals surface area contributed by atoms with Gasteiger partial charge in [0, 0.05) is 11.3 Å². The molecule has 0 aliphatic heterocycles. The molecule has 0 saturated carbocycles. The van der Waals surface area contributed by atoms with E-state index in [9.17, 15) is 4.79 Å². The van der Waals surface area contributed by atoms with Crippen molar-refractivity contribution in [1.29, 1.82) is 0 Å².